The van der Waals surface area contributed by atoms with Gasteiger partial charge in [0.1, 0.15) is 0 Å². The van der Waals surface area contributed by atoms with E-state index in [1.807, 2.05) is 24.3 Å². The van der Waals surface area contributed by atoms with Crippen molar-refractivity contribution in [2.24, 2.45) is 0 Å². The Hall–Kier alpha value is -11.2. The molecule has 424 valence electrons. The molecule has 4 nitrogen and oxygen atoms in total. The molecule has 0 amide bonds. The van der Waals surface area contributed by atoms with E-state index < -0.39 is 0 Å². The van der Waals surface area contributed by atoms with E-state index in [0.717, 1.165) is 135 Å². The van der Waals surface area contributed by atoms with Crippen LogP contribution >= 0.6 is 0 Å². The lowest BCUT2D eigenvalue weighted by atomic mass is 9.80. The summed E-state index contributed by atoms with van der Waals surface area (Å²) in [6, 6.07) is 98.0. The molecular formula is C84H68N4. The lowest BCUT2D eigenvalue weighted by Crippen LogP contribution is -2.13. The van der Waals surface area contributed by atoms with Gasteiger partial charge in [-0.1, -0.05) is 172 Å². The first kappa shape index (κ1) is 56.0. The predicted octanol–water partition coefficient (Wildman–Crippen LogP) is 24.4. The zero-order valence-corrected chi connectivity index (χ0v) is 50.3. The molecule has 0 saturated carbocycles. The Bertz CT molecular complexity index is 4100. The van der Waals surface area contributed by atoms with Crippen molar-refractivity contribution < 1.29 is 0 Å². The maximum atomic E-state index is 4.19. The van der Waals surface area contributed by atoms with Crippen LogP contribution in [0.25, 0.3) is 68.8 Å². The summed E-state index contributed by atoms with van der Waals surface area (Å²) < 4.78 is 0. The van der Waals surface area contributed by atoms with Crippen LogP contribution in [0, 0.1) is 27.7 Å². The maximum absolute atomic E-state index is 4.19. The number of aryl methyl sites for hydroxylation is 4. The molecule has 0 atom stereocenters. The van der Waals surface area contributed by atoms with E-state index in [0.29, 0.717) is 0 Å². The van der Waals surface area contributed by atoms with Crippen LogP contribution in [0.1, 0.15) is 44.5 Å². The van der Waals surface area contributed by atoms with Crippen molar-refractivity contribution in [3.8, 4) is 44.5 Å². The maximum Gasteiger partial charge on any atom is 0.0468 e. The highest BCUT2D eigenvalue weighted by atomic mass is 15.2. The number of hydrogen-bond acceptors (Lipinski definition) is 4. The average molecular weight is 1130 g/mol. The SMILES string of the molecule is C=Cc1cccc(N(c2cccc(C)c2)c2ccc3c(c2)-c2cc(N(c4cccc(C)c4)c4cccc(C=C)c4)ccc2-c2ccc(N(c4cccc(C)c4)c4cccc(C=C)c4)cc2-c2cc(N(c4cccc(C)c4)c4cccc(C=C)c4)ccc2-3)c1. The summed E-state index contributed by atoms with van der Waals surface area (Å²) in [6.45, 7) is 25.4. The summed E-state index contributed by atoms with van der Waals surface area (Å²) in [5.41, 5.74) is 30.1. The minimum Gasteiger partial charge on any atom is -0.310 e. The second-order valence-electron chi connectivity index (χ2n) is 22.8. The third-order valence-electron chi connectivity index (χ3n) is 16.7. The standard InChI is InChI=1S/C84H68N4/c1-9-61-25-17-33-69(49-61)85(65-29-13-21-57(5)45-65)73-37-41-77-78-42-38-75(87(67-31-15-23-59(7)47-67)71-35-19-27-63(11-3)51-71)55-83(78)84-56-76(88(68-32-16-24-60(8)48-68)72-36-20-28-64(12-4)52-72)40-44-80(84)79-43-39-74(54-82(79)81(77)53-73)86(66-30-14-22-58(6)46-66)70-34-18-26-62(10-2)50-70/h9-56H,1-4H2,5-8H3. The summed E-state index contributed by atoms with van der Waals surface area (Å²) >= 11 is 0. The van der Waals surface area contributed by atoms with Gasteiger partial charge in [0.15, 0.2) is 0 Å². The van der Waals surface area contributed by atoms with E-state index in [2.05, 4.69) is 341 Å². The second kappa shape index (κ2) is 24.0. The molecule has 0 unspecified atom stereocenters. The largest absolute Gasteiger partial charge is 0.310 e. The van der Waals surface area contributed by atoms with Gasteiger partial charge in [-0.2, -0.15) is 0 Å². The number of fused-ring (bicyclic) bond motifs is 8. The summed E-state index contributed by atoms with van der Waals surface area (Å²) in [7, 11) is 0. The van der Waals surface area contributed by atoms with Crippen LogP contribution in [0.4, 0.5) is 68.2 Å². The Morgan fingerprint density at radius 3 is 0.568 bits per heavy atom. The smallest absolute Gasteiger partial charge is 0.0468 e. The molecule has 0 fully saturated rings. The fourth-order valence-electron chi connectivity index (χ4n) is 12.5. The molecule has 1 aliphatic carbocycles. The van der Waals surface area contributed by atoms with E-state index in [9.17, 15) is 0 Å². The zero-order chi connectivity index (χ0) is 60.4. The molecule has 0 aromatic heterocycles. The van der Waals surface area contributed by atoms with E-state index in [4.69, 9.17) is 0 Å². The van der Waals surface area contributed by atoms with Gasteiger partial charge < -0.3 is 19.6 Å². The Morgan fingerprint density at radius 1 is 0.193 bits per heavy atom. The summed E-state index contributed by atoms with van der Waals surface area (Å²) in [5.74, 6) is 0. The van der Waals surface area contributed by atoms with Gasteiger partial charge in [-0.15, -0.1) is 0 Å². The quantitative estimate of drug-likeness (QED) is 0.0956. The van der Waals surface area contributed by atoms with Crippen molar-refractivity contribution in [2.45, 2.75) is 27.7 Å². The van der Waals surface area contributed by atoms with Crippen LogP contribution in [0.2, 0.25) is 0 Å². The Kier molecular flexibility index (Phi) is 15.3. The normalized spacial score (nSPS) is 11.1. The molecule has 0 spiro atoms. The minimum atomic E-state index is 1.02. The molecule has 0 heterocycles. The van der Waals surface area contributed by atoms with Crippen LogP contribution in [-0.2, 0) is 0 Å². The van der Waals surface area contributed by atoms with Crippen LogP contribution in [0.15, 0.2) is 293 Å². The summed E-state index contributed by atoms with van der Waals surface area (Å²) in [4.78, 5) is 9.52. The van der Waals surface area contributed by atoms with Crippen molar-refractivity contribution in [2.75, 3.05) is 19.6 Å². The van der Waals surface area contributed by atoms with Gasteiger partial charge in [-0.25, -0.2) is 0 Å². The van der Waals surface area contributed by atoms with Gasteiger partial charge in [0.2, 0.25) is 0 Å². The number of nitrogens with zero attached hydrogens (tertiary/aromatic N) is 4. The number of rotatable bonds is 16. The third-order valence-corrected chi connectivity index (χ3v) is 16.7. The lowest BCUT2D eigenvalue weighted by Gasteiger charge is -2.32. The fourth-order valence-corrected chi connectivity index (χ4v) is 12.5. The topological polar surface area (TPSA) is 13.0 Å². The van der Waals surface area contributed by atoms with E-state index in [-0.39, 0.29) is 0 Å². The molecule has 12 aromatic carbocycles. The highest BCUT2D eigenvalue weighted by molar-refractivity contribution is 6.07. The molecule has 4 heteroatoms. The van der Waals surface area contributed by atoms with Crippen LogP contribution in [-0.4, -0.2) is 0 Å². The molecule has 0 bridgehead atoms. The number of anilines is 12. The summed E-state index contributed by atoms with van der Waals surface area (Å²) in [5, 5.41) is 0. The average Bonchev–Trinajstić information content (AvgIpc) is 3.12. The van der Waals surface area contributed by atoms with Crippen LogP contribution < -0.4 is 19.6 Å². The fraction of sp³-hybridized carbons (Fsp3) is 0.0476. The van der Waals surface area contributed by atoms with Gasteiger partial charge in [0.25, 0.3) is 0 Å². The molecule has 12 aromatic rings. The second-order valence-corrected chi connectivity index (χ2v) is 22.8. The summed E-state index contributed by atoms with van der Waals surface area (Å²) in [6.07, 6.45) is 7.68. The van der Waals surface area contributed by atoms with E-state index >= 15 is 0 Å². The van der Waals surface area contributed by atoms with Crippen molar-refractivity contribution in [3.63, 3.8) is 0 Å². The lowest BCUT2D eigenvalue weighted by molar-refractivity contribution is 1.26. The zero-order valence-electron chi connectivity index (χ0n) is 50.3. The molecule has 0 radical (unpaired) electrons. The highest BCUT2D eigenvalue weighted by Gasteiger charge is 2.29. The van der Waals surface area contributed by atoms with Gasteiger partial charge in [0, 0.05) is 68.2 Å². The number of benzene rings is 12. The number of hydrogen-bond donors (Lipinski definition) is 0. The molecular weight excluding hydrogens is 1060 g/mol. The first-order valence-electron chi connectivity index (χ1n) is 30.0. The van der Waals surface area contributed by atoms with Gasteiger partial charge in [0.05, 0.1) is 0 Å². The van der Waals surface area contributed by atoms with Crippen molar-refractivity contribution >= 4 is 92.6 Å². The monoisotopic (exact) mass is 1130 g/mol. The highest BCUT2D eigenvalue weighted by Crippen LogP contribution is 2.54. The Balaban J connectivity index is 1.15. The Morgan fingerprint density at radius 2 is 0.375 bits per heavy atom. The first-order chi connectivity index (χ1) is 43.0. The molecule has 0 aliphatic heterocycles. The molecule has 0 saturated heterocycles. The minimum absolute atomic E-state index is 1.02. The molecule has 0 N–H and O–H groups in total. The van der Waals surface area contributed by atoms with E-state index in [1.54, 1.807) is 0 Å². The van der Waals surface area contributed by atoms with Gasteiger partial charge in [-0.3, -0.25) is 0 Å². The van der Waals surface area contributed by atoms with Crippen LogP contribution in [0.5, 0.6) is 0 Å². The van der Waals surface area contributed by atoms with Gasteiger partial charge >= 0.3 is 0 Å². The predicted molar refractivity (Wildman–Crippen MR) is 380 cm³/mol. The van der Waals surface area contributed by atoms with Crippen molar-refractivity contribution in [1.29, 1.82) is 0 Å². The third kappa shape index (κ3) is 11.0. The van der Waals surface area contributed by atoms with Gasteiger partial charge in [-0.05, 0) is 262 Å². The molecule has 88 heavy (non-hydrogen) atoms. The van der Waals surface area contributed by atoms with Crippen molar-refractivity contribution in [3.05, 3.63) is 338 Å². The first-order valence-corrected chi connectivity index (χ1v) is 30.0. The van der Waals surface area contributed by atoms with Crippen LogP contribution in [0.3, 0.4) is 0 Å². The Labute approximate surface area is 519 Å². The van der Waals surface area contributed by atoms with E-state index in [1.165, 1.54) is 22.3 Å². The van der Waals surface area contributed by atoms with Crippen molar-refractivity contribution in [1.82, 2.24) is 0 Å². The molecule has 1 aliphatic rings. The molecule has 13 rings (SSSR count).